The predicted octanol–water partition coefficient (Wildman–Crippen LogP) is 2.77. The Labute approximate surface area is 121 Å². The lowest BCUT2D eigenvalue weighted by atomic mass is 10.1. The third-order valence-electron chi connectivity index (χ3n) is 3.68. The van der Waals surface area contributed by atoms with Crippen molar-refractivity contribution < 1.29 is 14.0 Å². The lowest BCUT2D eigenvalue weighted by Gasteiger charge is -2.22. The number of anilines is 1. The number of carbonyl (C=O) groups is 2. The number of imide groups is 1. The smallest absolute Gasteiger partial charge is 0.262 e. The van der Waals surface area contributed by atoms with Crippen LogP contribution in [0.15, 0.2) is 42.5 Å². The van der Waals surface area contributed by atoms with Gasteiger partial charge in [-0.25, -0.2) is 4.39 Å². The van der Waals surface area contributed by atoms with E-state index < -0.39 is 6.04 Å². The monoisotopic (exact) mass is 284 g/mol. The SMILES string of the molecule is CC(c1ccc(F)cc1)N1C(=O)c2ccc(N)cc2C1=O. The first-order valence-corrected chi connectivity index (χ1v) is 6.52. The maximum Gasteiger partial charge on any atom is 0.262 e. The van der Waals surface area contributed by atoms with Crippen LogP contribution < -0.4 is 5.73 Å². The van der Waals surface area contributed by atoms with Crippen LogP contribution >= 0.6 is 0 Å². The van der Waals surface area contributed by atoms with Crippen molar-refractivity contribution >= 4 is 17.5 Å². The Bertz CT molecular complexity index is 740. The van der Waals surface area contributed by atoms with E-state index in [4.69, 9.17) is 5.73 Å². The number of rotatable bonds is 2. The number of carbonyl (C=O) groups excluding carboxylic acids is 2. The Morgan fingerprint density at radius 1 is 1.00 bits per heavy atom. The summed E-state index contributed by atoms with van der Waals surface area (Å²) in [6.07, 6.45) is 0. The van der Waals surface area contributed by atoms with E-state index in [1.807, 2.05) is 0 Å². The molecule has 4 nitrogen and oxygen atoms in total. The Morgan fingerprint density at radius 2 is 1.62 bits per heavy atom. The first-order valence-electron chi connectivity index (χ1n) is 6.52. The molecule has 0 saturated carbocycles. The molecule has 0 bridgehead atoms. The van der Waals surface area contributed by atoms with Crippen LogP contribution in [0.3, 0.4) is 0 Å². The molecular formula is C16H13FN2O2. The molecule has 1 aliphatic rings. The Balaban J connectivity index is 1.99. The van der Waals surface area contributed by atoms with Gasteiger partial charge in [-0.1, -0.05) is 12.1 Å². The van der Waals surface area contributed by atoms with Gasteiger partial charge in [0.25, 0.3) is 11.8 Å². The number of nitrogen functional groups attached to an aromatic ring is 1. The molecule has 0 aliphatic carbocycles. The highest BCUT2D eigenvalue weighted by Gasteiger charge is 2.38. The fraction of sp³-hybridized carbons (Fsp3) is 0.125. The van der Waals surface area contributed by atoms with Gasteiger partial charge in [0.2, 0.25) is 0 Å². The fourth-order valence-corrected chi connectivity index (χ4v) is 2.52. The summed E-state index contributed by atoms with van der Waals surface area (Å²) in [6.45, 7) is 1.73. The van der Waals surface area contributed by atoms with Crippen LogP contribution in [-0.4, -0.2) is 16.7 Å². The van der Waals surface area contributed by atoms with Crippen LogP contribution in [0.2, 0.25) is 0 Å². The van der Waals surface area contributed by atoms with Crippen molar-refractivity contribution in [1.82, 2.24) is 4.90 Å². The zero-order valence-electron chi connectivity index (χ0n) is 11.3. The normalized spacial score (nSPS) is 15.2. The van der Waals surface area contributed by atoms with Gasteiger partial charge in [0.05, 0.1) is 17.2 Å². The number of fused-ring (bicyclic) bond motifs is 1. The quantitative estimate of drug-likeness (QED) is 0.681. The van der Waals surface area contributed by atoms with Crippen molar-refractivity contribution in [1.29, 1.82) is 0 Å². The molecule has 0 radical (unpaired) electrons. The van der Waals surface area contributed by atoms with Crippen molar-refractivity contribution in [3.05, 3.63) is 65.0 Å². The standard InChI is InChI=1S/C16H13FN2O2/c1-9(10-2-4-11(17)5-3-10)19-15(20)13-7-6-12(18)8-14(13)16(19)21/h2-9H,18H2,1H3. The number of benzene rings is 2. The number of hydrogen-bond acceptors (Lipinski definition) is 3. The van der Waals surface area contributed by atoms with Crippen molar-refractivity contribution in [2.24, 2.45) is 0 Å². The molecule has 1 aliphatic heterocycles. The van der Waals surface area contributed by atoms with E-state index in [0.29, 0.717) is 22.4 Å². The lowest BCUT2D eigenvalue weighted by Crippen LogP contribution is -2.32. The lowest BCUT2D eigenvalue weighted by molar-refractivity contribution is 0.0595. The molecule has 3 rings (SSSR count). The fourth-order valence-electron chi connectivity index (χ4n) is 2.52. The molecular weight excluding hydrogens is 271 g/mol. The summed E-state index contributed by atoms with van der Waals surface area (Å²) in [4.78, 5) is 26.0. The van der Waals surface area contributed by atoms with Gasteiger partial charge in [-0.2, -0.15) is 0 Å². The highest BCUT2D eigenvalue weighted by atomic mass is 19.1. The van der Waals surface area contributed by atoms with Crippen LogP contribution in [0.1, 0.15) is 39.2 Å². The third kappa shape index (κ3) is 2.07. The Kier molecular flexibility index (Phi) is 2.97. The van der Waals surface area contributed by atoms with Crippen LogP contribution in [0.5, 0.6) is 0 Å². The minimum atomic E-state index is -0.473. The zero-order chi connectivity index (χ0) is 15.1. The largest absolute Gasteiger partial charge is 0.399 e. The first kappa shape index (κ1) is 13.3. The van der Waals surface area contributed by atoms with Gasteiger partial charge in [-0.05, 0) is 42.8 Å². The molecule has 106 valence electrons. The molecule has 0 saturated heterocycles. The summed E-state index contributed by atoms with van der Waals surface area (Å²) in [5.41, 5.74) is 7.46. The molecule has 21 heavy (non-hydrogen) atoms. The minimum absolute atomic E-state index is 0.314. The van der Waals surface area contributed by atoms with Crippen LogP contribution in [0.25, 0.3) is 0 Å². The second-order valence-electron chi connectivity index (χ2n) is 5.01. The first-order chi connectivity index (χ1) is 9.99. The number of halogens is 1. The van der Waals surface area contributed by atoms with Gasteiger partial charge in [-0.15, -0.1) is 0 Å². The second kappa shape index (κ2) is 4.70. The van der Waals surface area contributed by atoms with E-state index >= 15 is 0 Å². The average Bonchev–Trinajstić information content (AvgIpc) is 2.70. The van der Waals surface area contributed by atoms with Gasteiger partial charge in [0, 0.05) is 5.69 Å². The van der Waals surface area contributed by atoms with Crippen molar-refractivity contribution in [3.8, 4) is 0 Å². The molecule has 2 amide bonds. The molecule has 2 aromatic carbocycles. The average molecular weight is 284 g/mol. The maximum absolute atomic E-state index is 13.0. The molecule has 1 heterocycles. The minimum Gasteiger partial charge on any atom is -0.399 e. The topological polar surface area (TPSA) is 63.4 Å². The zero-order valence-corrected chi connectivity index (χ0v) is 11.3. The second-order valence-corrected chi connectivity index (χ2v) is 5.01. The summed E-state index contributed by atoms with van der Waals surface area (Å²) in [5, 5.41) is 0. The van der Waals surface area contributed by atoms with E-state index in [1.54, 1.807) is 31.2 Å². The molecule has 1 atom stereocenters. The van der Waals surface area contributed by atoms with Crippen LogP contribution in [0.4, 0.5) is 10.1 Å². The highest BCUT2D eigenvalue weighted by molar-refractivity contribution is 6.21. The van der Waals surface area contributed by atoms with Crippen molar-refractivity contribution in [2.45, 2.75) is 13.0 Å². The van der Waals surface area contributed by atoms with Gasteiger partial charge < -0.3 is 5.73 Å². The van der Waals surface area contributed by atoms with Crippen LogP contribution in [0, 0.1) is 5.82 Å². The van der Waals surface area contributed by atoms with E-state index in [9.17, 15) is 14.0 Å². The Hall–Kier alpha value is -2.69. The predicted molar refractivity (Wildman–Crippen MR) is 76.2 cm³/mol. The summed E-state index contributed by atoms with van der Waals surface area (Å²) in [6, 6.07) is 9.93. The summed E-state index contributed by atoms with van der Waals surface area (Å²) in [5.74, 6) is -1.09. The number of hydrogen-bond donors (Lipinski definition) is 1. The van der Waals surface area contributed by atoms with E-state index in [-0.39, 0.29) is 17.6 Å². The molecule has 2 N–H and O–H groups in total. The van der Waals surface area contributed by atoms with Crippen molar-refractivity contribution in [2.75, 3.05) is 5.73 Å². The molecule has 0 fully saturated rings. The van der Waals surface area contributed by atoms with E-state index in [0.717, 1.165) is 0 Å². The number of nitrogens with two attached hydrogens (primary N) is 1. The van der Waals surface area contributed by atoms with Gasteiger partial charge >= 0.3 is 0 Å². The van der Waals surface area contributed by atoms with Crippen molar-refractivity contribution in [3.63, 3.8) is 0 Å². The molecule has 5 heteroatoms. The van der Waals surface area contributed by atoms with Gasteiger partial charge in [0.1, 0.15) is 5.82 Å². The molecule has 2 aromatic rings. The van der Waals surface area contributed by atoms with Gasteiger partial charge in [-0.3, -0.25) is 14.5 Å². The maximum atomic E-state index is 13.0. The van der Waals surface area contributed by atoms with E-state index in [2.05, 4.69) is 0 Å². The number of amides is 2. The van der Waals surface area contributed by atoms with E-state index in [1.165, 1.54) is 23.1 Å². The highest BCUT2D eigenvalue weighted by Crippen LogP contribution is 2.32. The summed E-state index contributed by atoms with van der Waals surface area (Å²) >= 11 is 0. The molecule has 0 spiro atoms. The third-order valence-corrected chi connectivity index (χ3v) is 3.68. The van der Waals surface area contributed by atoms with Crippen LogP contribution in [-0.2, 0) is 0 Å². The van der Waals surface area contributed by atoms with Gasteiger partial charge in [0.15, 0.2) is 0 Å². The molecule has 0 aromatic heterocycles. The molecule has 1 unspecified atom stereocenters. The Morgan fingerprint density at radius 3 is 2.29 bits per heavy atom. The summed E-state index contributed by atoms with van der Waals surface area (Å²) in [7, 11) is 0. The summed E-state index contributed by atoms with van der Waals surface area (Å²) < 4.78 is 13.0. The number of nitrogens with zero attached hydrogens (tertiary/aromatic N) is 1.